The Kier molecular flexibility index (Phi) is 6.48. The number of anilines is 3. The highest BCUT2D eigenvalue weighted by atomic mass is 16.5. The summed E-state index contributed by atoms with van der Waals surface area (Å²) in [5.74, 6) is 1.65. The smallest absolute Gasteiger partial charge is 0.321 e. The predicted molar refractivity (Wildman–Crippen MR) is 115 cm³/mol. The van der Waals surface area contributed by atoms with Gasteiger partial charge in [0.05, 0.1) is 31.7 Å². The number of benzene rings is 1. The number of nitrogens with zero attached hydrogens (tertiary/aromatic N) is 5. The van der Waals surface area contributed by atoms with Crippen LogP contribution in [0.5, 0.6) is 5.75 Å². The molecule has 0 atom stereocenters. The van der Waals surface area contributed by atoms with Crippen molar-refractivity contribution in [3.8, 4) is 5.75 Å². The second-order valence-electron chi connectivity index (χ2n) is 7.23. The number of nitrogens with one attached hydrogen (secondary N) is 1. The molecule has 0 unspecified atom stereocenters. The van der Waals surface area contributed by atoms with E-state index in [4.69, 9.17) is 9.47 Å². The lowest BCUT2D eigenvalue weighted by Crippen LogP contribution is -2.50. The van der Waals surface area contributed by atoms with Gasteiger partial charge in [0.1, 0.15) is 5.75 Å². The number of hydrogen-bond donors (Lipinski definition) is 1. The molecule has 9 nitrogen and oxygen atoms in total. The third-order valence-corrected chi connectivity index (χ3v) is 5.31. The van der Waals surface area contributed by atoms with E-state index in [2.05, 4.69) is 31.4 Å². The van der Waals surface area contributed by atoms with E-state index in [1.54, 1.807) is 6.20 Å². The Morgan fingerprint density at radius 2 is 1.80 bits per heavy atom. The second-order valence-corrected chi connectivity index (χ2v) is 7.23. The van der Waals surface area contributed by atoms with Crippen molar-refractivity contribution in [3.05, 3.63) is 36.5 Å². The molecule has 1 N–H and O–H groups in total. The SMILES string of the molecule is CCOc1ccc(NC(=O)N2CCN(c3cc(N4CCOCC4)cnn3)CC2)cc1. The number of hydrogen-bond acceptors (Lipinski definition) is 7. The number of amides is 2. The molecule has 2 fully saturated rings. The second kappa shape index (κ2) is 9.62. The fraction of sp³-hybridized carbons (Fsp3) is 0.476. The number of carbonyl (C=O) groups is 1. The van der Waals surface area contributed by atoms with Crippen LogP contribution in [0.25, 0.3) is 0 Å². The normalized spacial score (nSPS) is 17.0. The van der Waals surface area contributed by atoms with E-state index >= 15 is 0 Å². The molecule has 2 amide bonds. The quantitative estimate of drug-likeness (QED) is 0.805. The van der Waals surface area contributed by atoms with Gasteiger partial charge in [-0.05, 0) is 31.2 Å². The summed E-state index contributed by atoms with van der Waals surface area (Å²) in [7, 11) is 0. The van der Waals surface area contributed by atoms with Crippen LogP contribution in [0.15, 0.2) is 36.5 Å². The molecule has 30 heavy (non-hydrogen) atoms. The minimum absolute atomic E-state index is 0.0908. The van der Waals surface area contributed by atoms with Crippen LogP contribution in [0.4, 0.5) is 22.0 Å². The first-order chi connectivity index (χ1) is 14.7. The van der Waals surface area contributed by atoms with Crippen LogP contribution in [-0.2, 0) is 4.74 Å². The van der Waals surface area contributed by atoms with E-state index in [9.17, 15) is 4.79 Å². The fourth-order valence-corrected chi connectivity index (χ4v) is 3.64. The molecule has 0 aliphatic carbocycles. The van der Waals surface area contributed by atoms with E-state index < -0.39 is 0 Å². The highest BCUT2D eigenvalue weighted by molar-refractivity contribution is 5.89. The van der Waals surface area contributed by atoms with E-state index in [1.165, 1.54) is 0 Å². The van der Waals surface area contributed by atoms with Crippen LogP contribution in [0.1, 0.15) is 6.92 Å². The summed E-state index contributed by atoms with van der Waals surface area (Å²) in [6.45, 7) is 8.47. The summed E-state index contributed by atoms with van der Waals surface area (Å²) in [5.41, 5.74) is 1.83. The lowest BCUT2D eigenvalue weighted by molar-refractivity contribution is 0.122. The molecule has 4 rings (SSSR count). The first-order valence-corrected chi connectivity index (χ1v) is 10.4. The van der Waals surface area contributed by atoms with Gasteiger partial charge in [-0.1, -0.05) is 0 Å². The van der Waals surface area contributed by atoms with Crippen LogP contribution in [0.3, 0.4) is 0 Å². The van der Waals surface area contributed by atoms with Crippen LogP contribution in [0.2, 0.25) is 0 Å². The van der Waals surface area contributed by atoms with Gasteiger partial charge in [0.2, 0.25) is 0 Å². The third kappa shape index (κ3) is 4.91. The molecule has 0 spiro atoms. The lowest BCUT2D eigenvalue weighted by Gasteiger charge is -2.35. The number of carbonyl (C=O) groups excluding carboxylic acids is 1. The summed E-state index contributed by atoms with van der Waals surface area (Å²) < 4.78 is 10.9. The summed E-state index contributed by atoms with van der Waals surface area (Å²) >= 11 is 0. The molecule has 2 aromatic rings. The van der Waals surface area contributed by atoms with Crippen LogP contribution in [0, 0.1) is 0 Å². The maximum Gasteiger partial charge on any atom is 0.321 e. The zero-order valence-electron chi connectivity index (χ0n) is 17.3. The predicted octanol–water partition coefficient (Wildman–Crippen LogP) is 2.07. The van der Waals surface area contributed by atoms with Crippen molar-refractivity contribution in [3.63, 3.8) is 0 Å². The first-order valence-electron chi connectivity index (χ1n) is 10.4. The molecule has 0 saturated carbocycles. The van der Waals surface area contributed by atoms with Crippen molar-refractivity contribution in [2.45, 2.75) is 6.92 Å². The standard InChI is InChI=1S/C21H28N6O3/c1-2-30-19-5-3-17(4-6-19)23-21(28)27-9-7-26(8-10-27)20-15-18(16-22-24-20)25-11-13-29-14-12-25/h3-6,15-16H,2,7-14H2,1H3,(H,23,28). The minimum atomic E-state index is -0.0908. The van der Waals surface area contributed by atoms with E-state index in [-0.39, 0.29) is 6.03 Å². The zero-order valence-corrected chi connectivity index (χ0v) is 17.3. The monoisotopic (exact) mass is 412 g/mol. The molecule has 1 aromatic carbocycles. The maximum atomic E-state index is 12.6. The minimum Gasteiger partial charge on any atom is -0.494 e. The van der Waals surface area contributed by atoms with Crippen molar-refractivity contribution in [2.75, 3.05) is 74.2 Å². The number of piperazine rings is 1. The van der Waals surface area contributed by atoms with Crippen LogP contribution < -0.4 is 19.9 Å². The Morgan fingerprint density at radius 3 is 2.50 bits per heavy atom. The molecule has 1 aromatic heterocycles. The number of aromatic nitrogens is 2. The Morgan fingerprint density at radius 1 is 1.07 bits per heavy atom. The summed E-state index contributed by atoms with van der Waals surface area (Å²) in [6.07, 6.45) is 1.80. The third-order valence-electron chi connectivity index (χ3n) is 5.31. The Labute approximate surface area is 176 Å². The Bertz CT molecular complexity index is 833. The van der Waals surface area contributed by atoms with Crippen molar-refractivity contribution >= 4 is 23.2 Å². The molecule has 0 radical (unpaired) electrons. The molecule has 160 valence electrons. The maximum absolute atomic E-state index is 12.6. The molecule has 2 saturated heterocycles. The van der Waals surface area contributed by atoms with Crippen molar-refractivity contribution in [1.82, 2.24) is 15.1 Å². The van der Waals surface area contributed by atoms with Gasteiger partial charge < -0.3 is 29.5 Å². The van der Waals surface area contributed by atoms with E-state index in [0.717, 1.165) is 62.3 Å². The van der Waals surface area contributed by atoms with Gasteiger partial charge in [-0.2, -0.15) is 5.10 Å². The molecular formula is C21H28N6O3. The number of ether oxygens (including phenoxy) is 2. The fourth-order valence-electron chi connectivity index (χ4n) is 3.64. The van der Waals surface area contributed by atoms with Gasteiger partial charge in [-0.15, -0.1) is 5.10 Å². The highest BCUT2D eigenvalue weighted by Gasteiger charge is 2.23. The molecule has 9 heteroatoms. The summed E-state index contributed by atoms with van der Waals surface area (Å²) in [4.78, 5) is 18.9. The molecule has 3 heterocycles. The Balaban J connectivity index is 1.30. The van der Waals surface area contributed by atoms with Crippen LogP contribution >= 0.6 is 0 Å². The van der Waals surface area contributed by atoms with Gasteiger partial charge in [-0.3, -0.25) is 0 Å². The molecule has 2 aliphatic heterocycles. The van der Waals surface area contributed by atoms with Gasteiger partial charge in [0.15, 0.2) is 5.82 Å². The van der Waals surface area contributed by atoms with E-state index in [0.29, 0.717) is 19.7 Å². The average molecular weight is 412 g/mol. The lowest BCUT2D eigenvalue weighted by atomic mass is 10.3. The topological polar surface area (TPSA) is 83.1 Å². The first kappa shape index (κ1) is 20.2. The molecule has 2 aliphatic rings. The van der Waals surface area contributed by atoms with Crippen LogP contribution in [-0.4, -0.2) is 80.2 Å². The number of rotatable bonds is 5. The largest absolute Gasteiger partial charge is 0.494 e. The van der Waals surface area contributed by atoms with Gasteiger partial charge >= 0.3 is 6.03 Å². The molecule has 0 bridgehead atoms. The summed E-state index contributed by atoms with van der Waals surface area (Å²) in [6, 6.07) is 9.41. The van der Waals surface area contributed by atoms with Gasteiger partial charge in [-0.25, -0.2) is 4.79 Å². The average Bonchev–Trinajstić information content (AvgIpc) is 2.81. The molecular weight excluding hydrogens is 384 g/mol. The summed E-state index contributed by atoms with van der Waals surface area (Å²) in [5, 5.41) is 11.4. The van der Waals surface area contributed by atoms with Crippen molar-refractivity contribution in [2.24, 2.45) is 0 Å². The Hall–Kier alpha value is -3.07. The van der Waals surface area contributed by atoms with E-state index in [1.807, 2.05) is 36.1 Å². The zero-order chi connectivity index (χ0) is 20.8. The van der Waals surface area contributed by atoms with Gasteiger partial charge in [0, 0.05) is 51.0 Å². The van der Waals surface area contributed by atoms with Gasteiger partial charge in [0.25, 0.3) is 0 Å². The number of urea groups is 1. The number of morpholine rings is 1. The van der Waals surface area contributed by atoms with Crippen molar-refractivity contribution in [1.29, 1.82) is 0 Å². The highest BCUT2D eigenvalue weighted by Crippen LogP contribution is 2.21. The van der Waals surface area contributed by atoms with Crippen molar-refractivity contribution < 1.29 is 14.3 Å².